The molecule has 1 aromatic carbocycles. The van der Waals surface area contributed by atoms with Crippen molar-refractivity contribution < 1.29 is 37.9 Å². The lowest BCUT2D eigenvalue weighted by atomic mass is 10.0. The lowest BCUT2D eigenvalue weighted by Crippen LogP contribution is -2.46. The number of hydrogen-bond acceptors (Lipinski definition) is 10. The first-order chi connectivity index (χ1) is 15.5. The van der Waals surface area contributed by atoms with Gasteiger partial charge >= 0.3 is 6.09 Å². The summed E-state index contributed by atoms with van der Waals surface area (Å²) in [5, 5.41) is 16.1. The van der Waals surface area contributed by atoms with E-state index in [0.717, 1.165) is 11.1 Å². The zero-order chi connectivity index (χ0) is 22.4. The van der Waals surface area contributed by atoms with Crippen LogP contribution in [0.1, 0.15) is 25.7 Å². The van der Waals surface area contributed by atoms with Crippen LogP contribution in [0.15, 0.2) is 15.7 Å². The number of oxime groups is 1. The molecule has 3 fully saturated rings. The fourth-order valence-electron chi connectivity index (χ4n) is 4.47. The van der Waals surface area contributed by atoms with E-state index >= 15 is 4.39 Å². The van der Waals surface area contributed by atoms with Gasteiger partial charge in [0.1, 0.15) is 12.6 Å². The summed E-state index contributed by atoms with van der Waals surface area (Å²) in [6.07, 6.45) is -0.553. The summed E-state index contributed by atoms with van der Waals surface area (Å²) in [4.78, 5) is 15.4. The molecule has 11 nitrogen and oxygen atoms in total. The van der Waals surface area contributed by atoms with Crippen LogP contribution in [0, 0.1) is 5.82 Å². The Morgan fingerprint density at radius 2 is 1.97 bits per heavy atom. The molecular weight excluding hydrogens is 427 g/mol. The normalized spacial score (nSPS) is 27.2. The topological polar surface area (TPSA) is 119 Å². The van der Waals surface area contributed by atoms with Crippen molar-refractivity contribution in [3.63, 3.8) is 0 Å². The molecule has 3 aliphatic rings. The highest BCUT2D eigenvalue weighted by atomic mass is 19.1. The molecular formula is C20H23FN4O7. The molecule has 1 amide bonds. The first-order valence-electron chi connectivity index (χ1n) is 10.4. The average Bonchev–Trinajstić information content (AvgIpc) is 3.48. The van der Waals surface area contributed by atoms with Crippen molar-refractivity contribution in [3.8, 4) is 0 Å². The molecule has 3 aliphatic heterocycles. The summed E-state index contributed by atoms with van der Waals surface area (Å²) in [7, 11) is 0. The molecule has 0 spiro atoms. The van der Waals surface area contributed by atoms with Crippen molar-refractivity contribution in [1.29, 1.82) is 0 Å². The molecule has 4 heterocycles. The third-order valence-electron chi connectivity index (χ3n) is 5.67. The predicted octanol–water partition coefficient (Wildman–Crippen LogP) is 2.41. The highest BCUT2D eigenvalue weighted by Gasteiger charge is 2.39. The monoisotopic (exact) mass is 450 g/mol. The van der Waals surface area contributed by atoms with Gasteiger partial charge in [0.2, 0.25) is 5.58 Å². The number of amides is 1. The van der Waals surface area contributed by atoms with E-state index < -0.39 is 24.2 Å². The molecule has 3 saturated heterocycles. The van der Waals surface area contributed by atoms with Crippen LogP contribution in [0.25, 0.3) is 11.0 Å². The van der Waals surface area contributed by atoms with E-state index in [1.807, 2.05) is 18.7 Å². The summed E-state index contributed by atoms with van der Waals surface area (Å²) in [6.45, 7) is 5.52. The molecule has 2 aromatic rings. The number of nitrogens with zero attached hydrogens (tertiary/aromatic N) is 4. The average molecular weight is 450 g/mol. The van der Waals surface area contributed by atoms with Gasteiger partial charge in [-0.25, -0.2) is 14.1 Å². The number of morpholine rings is 1. The van der Waals surface area contributed by atoms with Gasteiger partial charge in [0, 0.05) is 18.7 Å². The number of anilines is 2. The van der Waals surface area contributed by atoms with Gasteiger partial charge in [-0.3, -0.25) is 0 Å². The van der Waals surface area contributed by atoms with Crippen LogP contribution in [0.2, 0.25) is 0 Å². The molecule has 0 aliphatic carbocycles. The van der Waals surface area contributed by atoms with E-state index in [4.69, 9.17) is 28.7 Å². The zero-order valence-corrected chi connectivity index (χ0v) is 17.6. The Hall–Kier alpha value is -2.96. The van der Waals surface area contributed by atoms with Crippen molar-refractivity contribution in [2.75, 3.05) is 42.7 Å². The predicted molar refractivity (Wildman–Crippen MR) is 109 cm³/mol. The maximum Gasteiger partial charge on any atom is 0.416 e. The van der Waals surface area contributed by atoms with E-state index in [-0.39, 0.29) is 35.6 Å². The van der Waals surface area contributed by atoms with Gasteiger partial charge in [0.15, 0.2) is 17.9 Å². The van der Waals surface area contributed by atoms with E-state index in [9.17, 15) is 4.79 Å². The quantitative estimate of drug-likeness (QED) is 0.425. The summed E-state index contributed by atoms with van der Waals surface area (Å²) in [5.74, 6) is -0.572. The molecule has 12 heteroatoms. The first kappa shape index (κ1) is 20.9. The standard InChI is InChI=1S/C20H23FN4O7/c1-10-7-24(8-11(2)31-10)16-13(19-28-3-4-29-19)5-14-17(15(16)21)32-23-18(14)25-12(6-22-27)9-30-20(25)26/h5-6,10-12,19,27H,3-4,7-9H2,1-2H3/t10-,11-,12+/m1/s1. The Bertz CT molecular complexity index is 1040. The van der Waals surface area contributed by atoms with Crippen LogP contribution in [0.3, 0.4) is 0 Å². The Kier molecular flexibility index (Phi) is 5.35. The molecule has 0 unspecified atom stereocenters. The third-order valence-corrected chi connectivity index (χ3v) is 5.67. The van der Waals surface area contributed by atoms with E-state index in [2.05, 4.69) is 10.3 Å². The Morgan fingerprint density at radius 1 is 1.25 bits per heavy atom. The SMILES string of the molecule is C[C@@H]1CN(c2c(C3OCCO3)cc3c(N4C(=O)OC[C@@H]4C=NO)noc3c2F)C[C@@H](C)O1. The second kappa shape index (κ2) is 8.19. The number of fused-ring (bicyclic) bond motifs is 1. The number of halogens is 1. The number of benzene rings is 1. The number of ether oxygens (including phenoxy) is 4. The van der Waals surface area contributed by atoms with Crippen molar-refractivity contribution in [2.24, 2.45) is 5.16 Å². The lowest BCUT2D eigenvalue weighted by molar-refractivity contribution is -0.0445. The highest BCUT2D eigenvalue weighted by Crippen LogP contribution is 2.42. The van der Waals surface area contributed by atoms with Crippen LogP contribution in [-0.4, -0.2) is 73.8 Å². The fraction of sp³-hybridized carbons (Fsp3) is 0.550. The van der Waals surface area contributed by atoms with Crippen molar-refractivity contribution in [1.82, 2.24) is 5.16 Å². The van der Waals surface area contributed by atoms with Gasteiger partial charge in [-0.1, -0.05) is 10.3 Å². The first-order valence-corrected chi connectivity index (χ1v) is 10.4. The number of cyclic esters (lactones) is 1. The molecule has 0 bridgehead atoms. The minimum absolute atomic E-state index is 0.0386. The van der Waals surface area contributed by atoms with Gasteiger partial charge in [0.25, 0.3) is 0 Å². The van der Waals surface area contributed by atoms with E-state index in [1.165, 1.54) is 0 Å². The van der Waals surface area contributed by atoms with Gasteiger partial charge < -0.3 is 33.6 Å². The van der Waals surface area contributed by atoms with E-state index in [0.29, 0.717) is 37.6 Å². The molecule has 0 saturated carbocycles. The smallest absolute Gasteiger partial charge is 0.416 e. The Morgan fingerprint density at radius 3 is 2.66 bits per heavy atom. The fourth-order valence-corrected chi connectivity index (χ4v) is 4.47. The van der Waals surface area contributed by atoms with Gasteiger partial charge in [0.05, 0.1) is 42.7 Å². The number of rotatable bonds is 4. The van der Waals surface area contributed by atoms with Gasteiger partial charge in [-0.15, -0.1) is 0 Å². The molecule has 1 aromatic heterocycles. The summed E-state index contributed by atoms with van der Waals surface area (Å²) < 4.78 is 43.5. The van der Waals surface area contributed by atoms with E-state index in [1.54, 1.807) is 6.07 Å². The Balaban J connectivity index is 1.66. The maximum absolute atomic E-state index is 15.9. The number of carbonyl (C=O) groups excluding carboxylic acids is 1. The molecule has 0 radical (unpaired) electrons. The van der Waals surface area contributed by atoms with Gasteiger partial charge in [-0.2, -0.15) is 0 Å². The number of carbonyl (C=O) groups is 1. The molecule has 5 rings (SSSR count). The van der Waals surface area contributed by atoms with Crippen LogP contribution in [0.4, 0.5) is 20.7 Å². The van der Waals surface area contributed by atoms with Crippen LogP contribution in [0.5, 0.6) is 0 Å². The summed E-state index contributed by atoms with van der Waals surface area (Å²) >= 11 is 0. The van der Waals surface area contributed by atoms with Gasteiger partial charge in [-0.05, 0) is 19.9 Å². The molecule has 3 atom stereocenters. The van der Waals surface area contributed by atoms with Crippen LogP contribution >= 0.6 is 0 Å². The number of aromatic nitrogens is 1. The van der Waals surface area contributed by atoms with Crippen molar-refractivity contribution in [2.45, 2.75) is 38.4 Å². The Labute approximate surface area is 182 Å². The number of hydrogen-bond donors (Lipinski definition) is 1. The summed E-state index contributed by atoms with van der Waals surface area (Å²) in [6, 6.07) is 0.950. The second-order valence-corrected chi connectivity index (χ2v) is 8.03. The lowest BCUT2D eigenvalue weighted by Gasteiger charge is -2.38. The maximum atomic E-state index is 15.9. The minimum atomic E-state index is -0.777. The molecule has 32 heavy (non-hydrogen) atoms. The summed E-state index contributed by atoms with van der Waals surface area (Å²) in [5.41, 5.74) is 0.660. The highest BCUT2D eigenvalue weighted by molar-refractivity contribution is 6.03. The van der Waals surface area contributed by atoms with Crippen LogP contribution in [-0.2, 0) is 18.9 Å². The van der Waals surface area contributed by atoms with Crippen molar-refractivity contribution in [3.05, 3.63) is 17.4 Å². The zero-order valence-electron chi connectivity index (χ0n) is 17.6. The third kappa shape index (κ3) is 3.44. The van der Waals surface area contributed by atoms with Crippen LogP contribution < -0.4 is 9.80 Å². The largest absolute Gasteiger partial charge is 0.446 e. The van der Waals surface area contributed by atoms with Crippen molar-refractivity contribution >= 4 is 34.8 Å². The molecule has 1 N–H and O–H groups in total. The second-order valence-electron chi connectivity index (χ2n) is 8.03. The molecule has 172 valence electrons. The minimum Gasteiger partial charge on any atom is -0.446 e.